The first-order valence-corrected chi connectivity index (χ1v) is 9.85. The molecule has 142 valence electrons. The van der Waals surface area contributed by atoms with Crippen LogP contribution in [0.5, 0.6) is 0 Å². The standard InChI is InChI=1S/C26H28N2/c1-5-6-8-19(2)22-14-16-25(17-15-22)28-21(4)23-10-12-24(13-11-23)26-20(3)9-7-18-27-26/h7,9-18,28H,2,4-6,8H2,1,3H3. The number of benzene rings is 2. The Kier molecular flexibility index (Phi) is 6.44. The molecule has 2 nitrogen and oxygen atoms in total. The zero-order chi connectivity index (χ0) is 19.9. The highest BCUT2D eigenvalue weighted by Gasteiger charge is 2.05. The molecule has 0 amide bonds. The summed E-state index contributed by atoms with van der Waals surface area (Å²) in [7, 11) is 0. The lowest BCUT2D eigenvalue weighted by Crippen LogP contribution is -1.98. The van der Waals surface area contributed by atoms with Crippen LogP contribution < -0.4 is 5.32 Å². The number of anilines is 1. The van der Waals surface area contributed by atoms with E-state index in [4.69, 9.17) is 0 Å². The van der Waals surface area contributed by atoms with E-state index in [0.717, 1.165) is 34.6 Å². The zero-order valence-electron chi connectivity index (χ0n) is 16.8. The van der Waals surface area contributed by atoms with Crippen LogP contribution >= 0.6 is 0 Å². The van der Waals surface area contributed by atoms with E-state index in [1.165, 1.54) is 29.5 Å². The molecule has 2 aromatic carbocycles. The van der Waals surface area contributed by atoms with Crippen LogP contribution in [0.1, 0.15) is 42.9 Å². The van der Waals surface area contributed by atoms with Crippen molar-refractivity contribution in [2.24, 2.45) is 0 Å². The van der Waals surface area contributed by atoms with E-state index >= 15 is 0 Å². The summed E-state index contributed by atoms with van der Waals surface area (Å²) in [6.45, 7) is 12.7. The van der Waals surface area contributed by atoms with E-state index in [9.17, 15) is 0 Å². The van der Waals surface area contributed by atoms with E-state index in [1.54, 1.807) is 0 Å². The van der Waals surface area contributed by atoms with Gasteiger partial charge < -0.3 is 5.32 Å². The Hall–Kier alpha value is -3.13. The van der Waals surface area contributed by atoms with Crippen molar-refractivity contribution >= 4 is 17.0 Å². The van der Waals surface area contributed by atoms with Crippen molar-refractivity contribution in [2.45, 2.75) is 33.1 Å². The van der Waals surface area contributed by atoms with Gasteiger partial charge in [-0.25, -0.2) is 0 Å². The Balaban J connectivity index is 1.66. The Morgan fingerprint density at radius 1 is 0.929 bits per heavy atom. The monoisotopic (exact) mass is 368 g/mol. The van der Waals surface area contributed by atoms with Gasteiger partial charge in [0.2, 0.25) is 0 Å². The predicted octanol–water partition coefficient (Wildman–Crippen LogP) is 7.34. The predicted molar refractivity (Wildman–Crippen MR) is 122 cm³/mol. The highest BCUT2D eigenvalue weighted by Crippen LogP contribution is 2.25. The van der Waals surface area contributed by atoms with Crippen LogP contribution in [0.3, 0.4) is 0 Å². The molecule has 0 unspecified atom stereocenters. The Bertz CT molecular complexity index is 950. The second-order valence-electron chi connectivity index (χ2n) is 7.13. The minimum absolute atomic E-state index is 0.877. The lowest BCUT2D eigenvalue weighted by molar-refractivity contribution is 0.825. The molecule has 1 N–H and O–H groups in total. The van der Waals surface area contributed by atoms with Gasteiger partial charge in [0.05, 0.1) is 5.69 Å². The van der Waals surface area contributed by atoms with Gasteiger partial charge in [-0.05, 0) is 60.2 Å². The highest BCUT2D eigenvalue weighted by molar-refractivity contribution is 5.77. The summed E-state index contributed by atoms with van der Waals surface area (Å²) in [6, 6.07) is 20.8. The number of nitrogens with zero attached hydrogens (tertiary/aromatic N) is 1. The number of aryl methyl sites for hydroxylation is 1. The molecule has 1 aromatic heterocycles. The van der Waals surface area contributed by atoms with Crippen molar-refractivity contribution in [3.05, 3.63) is 96.7 Å². The smallest absolute Gasteiger partial charge is 0.0731 e. The van der Waals surface area contributed by atoms with Crippen molar-refractivity contribution in [3.8, 4) is 11.3 Å². The highest BCUT2D eigenvalue weighted by atomic mass is 14.9. The summed E-state index contributed by atoms with van der Waals surface area (Å²) in [5, 5.41) is 3.40. The SMILES string of the molecule is C=C(CCCC)c1ccc(NC(=C)c2ccc(-c3ncccc3C)cc2)cc1. The third-order valence-electron chi connectivity index (χ3n) is 4.94. The van der Waals surface area contributed by atoms with E-state index in [0.29, 0.717) is 0 Å². The maximum atomic E-state index is 4.49. The Morgan fingerprint density at radius 3 is 2.25 bits per heavy atom. The minimum Gasteiger partial charge on any atom is -0.356 e. The summed E-state index contributed by atoms with van der Waals surface area (Å²) in [5.74, 6) is 0. The maximum Gasteiger partial charge on any atom is 0.0731 e. The molecule has 0 radical (unpaired) electrons. The number of hydrogen-bond donors (Lipinski definition) is 1. The molecular weight excluding hydrogens is 340 g/mol. The molecule has 0 saturated carbocycles. The average molecular weight is 369 g/mol. The van der Waals surface area contributed by atoms with Crippen molar-refractivity contribution < 1.29 is 0 Å². The van der Waals surface area contributed by atoms with Crippen molar-refractivity contribution in [2.75, 3.05) is 5.32 Å². The van der Waals surface area contributed by atoms with Gasteiger partial charge in [-0.2, -0.15) is 0 Å². The maximum absolute atomic E-state index is 4.49. The van der Waals surface area contributed by atoms with Crippen LogP contribution in [0.15, 0.2) is 80.0 Å². The quantitative estimate of drug-likeness (QED) is 0.450. The van der Waals surface area contributed by atoms with Crippen LogP contribution in [0.2, 0.25) is 0 Å². The molecule has 0 fully saturated rings. The first-order valence-electron chi connectivity index (χ1n) is 9.85. The topological polar surface area (TPSA) is 24.9 Å². The summed E-state index contributed by atoms with van der Waals surface area (Å²) in [4.78, 5) is 4.49. The van der Waals surface area contributed by atoms with Gasteiger partial charge in [0.1, 0.15) is 0 Å². The summed E-state index contributed by atoms with van der Waals surface area (Å²) < 4.78 is 0. The lowest BCUT2D eigenvalue weighted by Gasteiger charge is -2.12. The Labute approximate surface area is 168 Å². The molecule has 0 spiro atoms. The van der Waals surface area contributed by atoms with Crippen molar-refractivity contribution in [1.82, 2.24) is 4.98 Å². The molecule has 0 aliphatic carbocycles. The fourth-order valence-electron chi connectivity index (χ4n) is 3.19. The minimum atomic E-state index is 0.877. The zero-order valence-corrected chi connectivity index (χ0v) is 16.8. The van der Waals surface area contributed by atoms with E-state index < -0.39 is 0 Å². The van der Waals surface area contributed by atoms with Crippen LogP contribution in [0.25, 0.3) is 22.5 Å². The molecule has 0 bridgehead atoms. The van der Waals surface area contributed by atoms with Crippen LogP contribution in [0, 0.1) is 6.92 Å². The van der Waals surface area contributed by atoms with Gasteiger partial charge in [0.25, 0.3) is 0 Å². The van der Waals surface area contributed by atoms with E-state index in [1.807, 2.05) is 12.3 Å². The van der Waals surface area contributed by atoms with Crippen LogP contribution in [-0.2, 0) is 0 Å². The number of allylic oxidation sites excluding steroid dienone is 1. The van der Waals surface area contributed by atoms with Gasteiger partial charge in [0, 0.05) is 23.1 Å². The number of nitrogens with one attached hydrogen (secondary N) is 1. The lowest BCUT2D eigenvalue weighted by atomic mass is 10.0. The summed E-state index contributed by atoms with van der Waals surface area (Å²) >= 11 is 0. The number of aromatic nitrogens is 1. The largest absolute Gasteiger partial charge is 0.356 e. The van der Waals surface area contributed by atoms with Crippen LogP contribution in [-0.4, -0.2) is 4.98 Å². The molecule has 0 aliphatic rings. The van der Waals surface area contributed by atoms with Gasteiger partial charge in [-0.3, -0.25) is 4.98 Å². The first-order chi connectivity index (χ1) is 13.6. The second-order valence-corrected chi connectivity index (χ2v) is 7.13. The molecule has 3 aromatic rings. The first kappa shape index (κ1) is 19.6. The van der Waals surface area contributed by atoms with E-state index in [2.05, 4.69) is 91.9 Å². The van der Waals surface area contributed by atoms with Crippen LogP contribution in [0.4, 0.5) is 5.69 Å². The van der Waals surface area contributed by atoms with Gasteiger partial charge >= 0.3 is 0 Å². The molecule has 1 heterocycles. The fraction of sp³-hybridized carbons (Fsp3) is 0.192. The summed E-state index contributed by atoms with van der Waals surface area (Å²) in [6.07, 6.45) is 5.26. The normalized spacial score (nSPS) is 10.5. The number of unbranched alkanes of at least 4 members (excludes halogenated alkanes) is 1. The summed E-state index contributed by atoms with van der Waals surface area (Å²) in [5.41, 5.74) is 8.69. The molecule has 0 saturated heterocycles. The van der Waals surface area contributed by atoms with Crippen molar-refractivity contribution in [3.63, 3.8) is 0 Å². The number of rotatable bonds is 8. The Morgan fingerprint density at radius 2 is 1.61 bits per heavy atom. The van der Waals surface area contributed by atoms with Crippen molar-refractivity contribution in [1.29, 1.82) is 0 Å². The molecule has 28 heavy (non-hydrogen) atoms. The molecule has 0 aliphatic heterocycles. The molecule has 3 rings (SSSR count). The molecular formula is C26H28N2. The number of pyridine rings is 1. The van der Waals surface area contributed by atoms with E-state index in [-0.39, 0.29) is 0 Å². The van der Waals surface area contributed by atoms with Gasteiger partial charge in [-0.15, -0.1) is 0 Å². The number of hydrogen-bond acceptors (Lipinski definition) is 2. The van der Waals surface area contributed by atoms with Gasteiger partial charge in [0.15, 0.2) is 0 Å². The molecule has 2 heteroatoms. The van der Waals surface area contributed by atoms with Gasteiger partial charge in [-0.1, -0.05) is 69.0 Å². The fourth-order valence-corrected chi connectivity index (χ4v) is 3.19. The average Bonchev–Trinajstić information content (AvgIpc) is 2.73. The molecule has 0 atom stereocenters. The second kappa shape index (κ2) is 9.18. The third kappa shape index (κ3) is 4.77. The third-order valence-corrected chi connectivity index (χ3v) is 4.94.